The van der Waals surface area contributed by atoms with Gasteiger partial charge in [0.1, 0.15) is 17.5 Å². The molecule has 0 radical (unpaired) electrons. The molecule has 1 fully saturated rings. The van der Waals surface area contributed by atoms with Crippen molar-refractivity contribution in [1.82, 2.24) is 15.0 Å². The summed E-state index contributed by atoms with van der Waals surface area (Å²) in [5, 5.41) is 14.6. The molecule has 214 valence electrons. The molecule has 0 bridgehead atoms. The third-order valence-corrected chi connectivity index (χ3v) is 8.37. The van der Waals surface area contributed by atoms with E-state index >= 15 is 0 Å². The Hall–Kier alpha value is -4.17. The molecule has 3 aromatic rings. The van der Waals surface area contributed by atoms with E-state index in [2.05, 4.69) is 25.3 Å². The number of aromatic carboxylic acids is 1. The number of nitrogens with one attached hydrogen (secondary N) is 2. The van der Waals surface area contributed by atoms with Crippen molar-refractivity contribution in [3.8, 4) is 17.2 Å². The first-order valence-corrected chi connectivity index (χ1v) is 14.0. The van der Waals surface area contributed by atoms with Crippen molar-refractivity contribution in [2.24, 2.45) is 4.99 Å². The summed E-state index contributed by atoms with van der Waals surface area (Å²) in [6, 6.07) is 5.02. The van der Waals surface area contributed by atoms with Gasteiger partial charge in [0, 0.05) is 47.4 Å². The fraction of sp³-hybridized carbons (Fsp3) is 0.423. The van der Waals surface area contributed by atoms with Crippen LogP contribution in [0.15, 0.2) is 23.2 Å². The number of anilines is 2. The van der Waals surface area contributed by atoms with Gasteiger partial charge in [0.05, 0.1) is 52.4 Å². The third-order valence-electron chi connectivity index (χ3n) is 6.17. The van der Waals surface area contributed by atoms with Gasteiger partial charge in [-0.1, -0.05) is 0 Å². The number of H-pyrrole nitrogens is 1. The second-order valence-electron chi connectivity index (χ2n) is 8.72. The topological polar surface area (TPSA) is 163 Å². The number of rotatable bonds is 10. The van der Waals surface area contributed by atoms with Gasteiger partial charge < -0.3 is 39.1 Å². The highest BCUT2D eigenvalue weighted by Crippen LogP contribution is 2.40. The second kappa shape index (κ2) is 12.8. The maximum Gasteiger partial charge on any atom is 0.348 e. The van der Waals surface area contributed by atoms with E-state index in [9.17, 15) is 14.7 Å². The molecule has 1 aromatic carbocycles. The molecular weight excluding hydrogens is 540 g/mol. The van der Waals surface area contributed by atoms with Gasteiger partial charge in [-0.15, -0.1) is 4.99 Å². The number of benzene rings is 1. The molecule has 40 heavy (non-hydrogen) atoms. The molecule has 1 atom stereocenters. The first-order valence-electron chi connectivity index (χ1n) is 12.6. The number of hydrogen-bond donors (Lipinski definition) is 2. The third kappa shape index (κ3) is 6.34. The van der Waals surface area contributed by atoms with E-state index in [1.165, 1.54) is 21.3 Å². The number of carbonyl (C=O) groups excluding carboxylic acids is 2. The Morgan fingerprint density at radius 2 is 1.80 bits per heavy atom. The van der Waals surface area contributed by atoms with Gasteiger partial charge in [-0.3, -0.25) is 9.78 Å². The van der Waals surface area contributed by atoms with Crippen LogP contribution in [0, 0.1) is 6.92 Å². The Kier molecular flexibility index (Phi) is 9.22. The molecule has 13 nitrogen and oxygen atoms in total. The molecule has 1 saturated heterocycles. The first-order chi connectivity index (χ1) is 19.3. The number of aromatic amines is 1. The summed E-state index contributed by atoms with van der Waals surface area (Å²) >= 11 is 0. The number of methoxy groups -OCH3 is 3. The zero-order valence-electron chi connectivity index (χ0n) is 23.0. The first kappa shape index (κ1) is 28.8. The maximum atomic E-state index is 13.1. The number of amides is 1. The standard InChI is InChI=1S/C26H32N6O7S/c1-6-40-23(24(34)35)15(2)27-26(40)31-25-29-17(13-20(30-25)32-7-9-39-10-8-32)14-21(33)28-16-11-18(36-3)22(38-5)19(12-16)37-4/h11-13H,6-10,14H2,1-5H3,(H2-,27,28,29,30,31,33,34,35). The molecule has 2 aromatic heterocycles. The molecule has 4 rings (SSSR count). The molecule has 3 heterocycles. The van der Waals surface area contributed by atoms with Crippen LogP contribution in [-0.4, -0.2) is 74.5 Å². The lowest BCUT2D eigenvalue weighted by molar-refractivity contribution is -0.254. The van der Waals surface area contributed by atoms with Gasteiger partial charge >= 0.3 is 4.80 Å². The Bertz CT molecular complexity index is 1440. The highest BCUT2D eigenvalue weighted by molar-refractivity contribution is 7.30. The minimum atomic E-state index is -1.23. The number of carbonyl (C=O) groups is 2. The normalized spacial score (nSPS) is 14.2. The predicted molar refractivity (Wildman–Crippen MR) is 147 cm³/mol. The van der Waals surface area contributed by atoms with Gasteiger partial charge in [0.2, 0.25) is 16.5 Å². The summed E-state index contributed by atoms with van der Waals surface area (Å²) in [5.74, 6) is 0.920. The summed E-state index contributed by atoms with van der Waals surface area (Å²) < 4.78 is 21.6. The van der Waals surface area contributed by atoms with Crippen molar-refractivity contribution in [1.29, 1.82) is 0 Å². The highest BCUT2D eigenvalue weighted by Gasteiger charge is 2.23. The van der Waals surface area contributed by atoms with Crippen LogP contribution >= 0.6 is 10.5 Å². The van der Waals surface area contributed by atoms with Crippen LogP contribution in [0.25, 0.3) is 0 Å². The van der Waals surface area contributed by atoms with Crippen LogP contribution in [0.5, 0.6) is 17.2 Å². The Balaban J connectivity index is 1.69. The second-order valence-corrected chi connectivity index (χ2v) is 10.9. The number of thiazole rings is 1. The van der Waals surface area contributed by atoms with E-state index in [0.29, 0.717) is 77.0 Å². The summed E-state index contributed by atoms with van der Waals surface area (Å²) in [4.78, 5) is 44.3. The summed E-state index contributed by atoms with van der Waals surface area (Å²) in [6.45, 7) is 5.89. The van der Waals surface area contributed by atoms with Crippen molar-refractivity contribution in [2.75, 3.05) is 57.8 Å². The monoisotopic (exact) mass is 572 g/mol. The summed E-state index contributed by atoms with van der Waals surface area (Å²) in [7, 11) is 3.69. The number of ether oxygens (including phenoxy) is 4. The largest absolute Gasteiger partial charge is 0.540 e. The average molecular weight is 573 g/mol. The Morgan fingerprint density at radius 1 is 1.12 bits per heavy atom. The van der Waals surface area contributed by atoms with E-state index in [1.807, 2.05) is 11.8 Å². The van der Waals surface area contributed by atoms with Crippen LogP contribution in [-0.2, 0) is 21.7 Å². The molecule has 1 aliphatic heterocycles. The van der Waals surface area contributed by atoms with Crippen molar-refractivity contribution < 1.29 is 33.6 Å². The van der Waals surface area contributed by atoms with E-state index in [1.54, 1.807) is 25.1 Å². The number of hydrogen-bond acceptors (Lipinski definition) is 11. The molecule has 1 aliphatic rings. The predicted octanol–water partition coefficient (Wildman–Crippen LogP) is 1.52. The number of aryl methyl sites for hydroxylation is 1. The molecule has 0 aliphatic carbocycles. The van der Waals surface area contributed by atoms with Crippen molar-refractivity contribution in [3.63, 3.8) is 0 Å². The zero-order valence-corrected chi connectivity index (χ0v) is 23.8. The van der Waals surface area contributed by atoms with Crippen molar-refractivity contribution >= 4 is 39.8 Å². The Labute approximate surface area is 233 Å². The molecule has 0 saturated carbocycles. The minimum Gasteiger partial charge on any atom is -0.540 e. The number of carboxylic acids is 1. The quantitative estimate of drug-likeness (QED) is 0.341. The number of carboxylic acid groups (broad SMARTS) is 1. The lowest BCUT2D eigenvalue weighted by atomic mass is 10.2. The maximum absolute atomic E-state index is 13.1. The van der Waals surface area contributed by atoms with Gasteiger partial charge in [-0.2, -0.15) is 4.98 Å². The summed E-state index contributed by atoms with van der Waals surface area (Å²) in [5.41, 5.74) is 1.39. The highest BCUT2D eigenvalue weighted by atomic mass is 32.2. The van der Waals surface area contributed by atoms with Gasteiger partial charge in [-0.25, -0.2) is 4.98 Å². The summed E-state index contributed by atoms with van der Waals surface area (Å²) in [6.07, 6.45) is -0.0666. The van der Waals surface area contributed by atoms with Gasteiger partial charge in [-0.05, 0) is 13.8 Å². The van der Waals surface area contributed by atoms with Crippen LogP contribution in [0.4, 0.5) is 17.5 Å². The SMILES string of the molecule is CC[s+]1c(C(=O)[O-])c(C)[nH]c1=Nc1nc(CC(=O)Nc2cc(OC)c(OC)c(OC)c2)cc(N2CCOCC2)n1. The average Bonchev–Trinajstić information content (AvgIpc) is 3.27. The van der Waals surface area contributed by atoms with Crippen LogP contribution < -0.4 is 34.3 Å². The van der Waals surface area contributed by atoms with Crippen LogP contribution in [0.3, 0.4) is 0 Å². The zero-order chi connectivity index (χ0) is 28.8. The molecule has 2 N–H and O–H groups in total. The van der Waals surface area contributed by atoms with Crippen molar-refractivity contribution in [3.05, 3.63) is 39.3 Å². The smallest absolute Gasteiger partial charge is 0.348 e. The fourth-order valence-corrected chi connectivity index (χ4v) is 6.20. The van der Waals surface area contributed by atoms with Crippen LogP contribution in [0.1, 0.15) is 28.0 Å². The minimum absolute atomic E-state index is 0.0666. The lowest BCUT2D eigenvalue weighted by Crippen LogP contribution is -2.37. The van der Waals surface area contributed by atoms with E-state index in [-0.39, 0.29) is 23.2 Å². The van der Waals surface area contributed by atoms with E-state index in [0.717, 1.165) is 0 Å². The Morgan fingerprint density at radius 3 is 2.38 bits per heavy atom. The molecule has 14 heteroatoms. The number of aromatic nitrogens is 3. The van der Waals surface area contributed by atoms with Crippen molar-refractivity contribution in [2.45, 2.75) is 26.0 Å². The molecular formula is C26H32N6O7S. The molecule has 1 unspecified atom stereocenters. The molecule has 1 amide bonds. The number of nitrogens with zero attached hydrogens (tertiary/aromatic N) is 4. The fourth-order valence-electron chi connectivity index (χ4n) is 4.36. The lowest BCUT2D eigenvalue weighted by Gasteiger charge is -2.28. The molecule has 0 spiro atoms. The number of morpholine rings is 1. The van der Waals surface area contributed by atoms with Gasteiger partial charge in [0.25, 0.3) is 5.95 Å². The van der Waals surface area contributed by atoms with E-state index in [4.69, 9.17) is 18.9 Å². The van der Waals surface area contributed by atoms with E-state index < -0.39 is 16.4 Å². The van der Waals surface area contributed by atoms with Crippen LogP contribution in [0.2, 0.25) is 0 Å². The van der Waals surface area contributed by atoms with Gasteiger partial charge in [0.15, 0.2) is 11.5 Å².